The number of sulfonamides is 1. The van der Waals surface area contributed by atoms with Crippen molar-refractivity contribution in [1.29, 1.82) is 0 Å². The third-order valence-corrected chi connectivity index (χ3v) is 6.59. The molecule has 0 unspecified atom stereocenters. The first kappa shape index (κ1) is 22.1. The molecule has 0 heterocycles. The molecule has 0 amide bonds. The van der Waals surface area contributed by atoms with Gasteiger partial charge >= 0.3 is 0 Å². The van der Waals surface area contributed by atoms with Crippen molar-refractivity contribution in [3.05, 3.63) is 62.1 Å². The van der Waals surface area contributed by atoms with E-state index in [9.17, 15) is 18.5 Å². The highest BCUT2D eigenvalue weighted by Crippen LogP contribution is 2.29. The Hall–Kier alpha value is -2.20. The molecular formula is C17H18Cl2N4O4S. The summed E-state index contributed by atoms with van der Waals surface area (Å²) in [5.74, 6) is 0. The highest BCUT2D eigenvalue weighted by molar-refractivity contribution is 7.89. The van der Waals surface area contributed by atoms with Gasteiger partial charge in [-0.05, 0) is 24.3 Å². The molecule has 0 saturated heterocycles. The first-order valence-electron chi connectivity index (χ1n) is 8.24. The van der Waals surface area contributed by atoms with E-state index < -0.39 is 20.6 Å². The molecular weight excluding hydrogens is 427 g/mol. The van der Waals surface area contributed by atoms with E-state index in [-0.39, 0.29) is 23.7 Å². The van der Waals surface area contributed by atoms with Crippen LogP contribution in [0.25, 0.3) is 0 Å². The summed E-state index contributed by atoms with van der Waals surface area (Å²) in [5, 5.41) is 16.1. The lowest BCUT2D eigenvalue weighted by Crippen LogP contribution is -2.30. The molecule has 1 N–H and O–H groups in total. The Kier molecular flexibility index (Phi) is 7.36. The number of halogens is 2. The van der Waals surface area contributed by atoms with Gasteiger partial charge in [0.2, 0.25) is 10.0 Å². The van der Waals surface area contributed by atoms with E-state index in [1.54, 1.807) is 32.0 Å². The number of hydrogen-bond donors (Lipinski definition) is 1. The van der Waals surface area contributed by atoms with Crippen LogP contribution in [0.15, 0.2) is 46.4 Å². The van der Waals surface area contributed by atoms with Gasteiger partial charge in [-0.15, -0.1) is 0 Å². The zero-order valence-electron chi connectivity index (χ0n) is 15.1. The molecule has 0 fully saturated rings. The number of nitrogens with zero attached hydrogens (tertiary/aromatic N) is 3. The quantitative estimate of drug-likeness (QED) is 0.369. The van der Waals surface area contributed by atoms with Gasteiger partial charge in [0.15, 0.2) is 0 Å². The van der Waals surface area contributed by atoms with E-state index >= 15 is 0 Å². The maximum Gasteiger partial charge on any atom is 0.295 e. The number of nitrogens with one attached hydrogen (secondary N) is 1. The fourth-order valence-electron chi connectivity index (χ4n) is 2.43. The molecule has 2 rings (SSSR count). The molecule has 0 aromatic heterocycles. The van der Waals surface area contributed by atoms with Crippen molar-refractivity contribution in [2.75, 3.05) is 18.5 Å². The van der Waals surface area contributed by atoms with E-state index in [1.807, 2.05) is 0 Å². The number of hydrazone groups is 1. The zero-order chi connectivity index (χ0) is 20.9. The Morgan fingerprint density at radius 2 is 1.79 bits per heavy atom. The van der Waals surface area contributed by atoms with Gasteiger partial charge in [0, 0.05) is 24.7 Å². The molecule has 11 heteroatoms. The molecule has 0 radical (unpaired) electrons. The number of benzene rings is 2. The summed E-state index contributed by atoms with van der Waals surface area (Å²) in [5.41, 5.74) is 2.59. The number of nitro benzene ring substituents is 1. The van der Waals surface area contributed by atoms with Crippen LogP contribution in [0.1, 0.15) is 19.4 Å². The second-order valence-electron chi connectivity index (χ2n) is 5.53. The van der Waals surface area contributed by atoms with Crippen molar-refractivity contribution in [2.45, 2.75) is 18.7 Å². The minimum atomic E-state index is -3.82. The molecule has 0 bridgehead atoms. The monoisotopic (exact) mass is 444 g/mol. The van der Waals surface area contributed by atoms with E-state index in [4.69, 9.17) is 23.2 Å². The fraction of sp³-hybridized carbons (Fsp3) is 0.235. The highest BCUT2D eigenvalue weighted by atomic mass is 35.5. The Labute approximate surface area is 173 Å². The van der Waals surface area contributed by atoms with Crippen LogP contribution in [0.2, 0.25) is 10.0 Å². The Morgan fingerprint density at radius 3 is 2.32 bits per heavy atom. The second-order valence-corrected chi connectivity index (χ2v) is 8.28. The maximum absolute atomic E-state index is 12.6. The summed E-state index contributed by atoms with van der Waals surface area (Å²) in [6.45, 7) is 3.91. The highest BCUT2D eigenvalue weighted by Gasteiger charge is 2.25. The first-order valence-corrected chi connectivity index (χ1v) is 10.4. The third-order valence-electron chi connectivity index (χ3n) is 3.89. The van der Waals surface area contributed by atoms with E-state index in [0.29, 0.717) is 15.6 Å². The van der Waals surface area contributed by atoms with Crippen LogP contribution in [0.5, 0.6) is 0 Å². The molecule has 0 aliphatic heterocycles. The predicted molar refractivity (Wildman–Crippen MR) is 111 cm³/mol. The van der Waals surface area contributed by atoms with Gasteiger partial charge in [0.1, 0.15) is 5.69 Å². The van der Waals surface area contributed by atoms with Gasteiger partial charge in [0.25, 0.3) is 5.69 Å². The van der Waals surface area contributed by atoms with Gasteiger partial charge in [-0.1, -0.05) is 43.1 Å². The second kappa shape index (κ2) is 9.33. The molecule has 0 aliphatic carbocycles. The van der Waals surface area contributed by atoms with Crippen molar-refractivity contribution < 1.29 is 13.3 Å². The van der Waals surface area contributed by atoms with Gasteiger partial charge in [0.05, 0.1) is 26.1 Å². The number of nitro groups is 1. The summed E-state index contributed by atoms with van der Waals surface area (Å²) < 4.78 is 26.4. The van der Waals surface area contributed by atoms with Gasteiger partial charge in [-0.3, -0.25) is 15.5 Å². The zero-order valence-corrected chi connectivity index (χ0v) is 17.4. The van der Waals surface area contributed by atoms with Crippen LogP contribution in [0.4, 0.5) is 11.4 Å². The topological polar surface area (TPSA) is 105 Å². The van der Waals surface area contributed by atoms with E-state index in [2.05, 4.69) is 10.5 Å². The standard InChI is InChI=1S/C17H18Cl2N4O4S/c1-3-22(4-2)28(26,27)12-8-9-16(17(10-12)23(24)25)21-20-11-13-14(18)6-5-7-15(13)19/h5-11,21H,3-4H2,1-2H3/b20-11-. The maximum atomic E-state index is 12.6. The van der Waals surface area contributed by atoms with E-state index in [0.717, 1.165) is 6.07 Å². The fourth-order valence-corrected chi connectivity index (χ4v) is 4.40. The van der Waals surface area contributed by atoms with Gasteiger partial charge in [-0.25, -0.2) is 8.42 Å². The van der Waals surface area contributed by atoms with Crippen molar-refractivity contribution in [1.82, 2.24) is 4.31 Å². The molecule has 150 valence electrons. The summed E-state index contributed by atoms with van der Waals surface area (Å²) >= 11 is 12.1. The van der Waals surface area contributed by atoms with Crippen molar-refractivity contribution in [2.24, 2.45) is 5.10 Å². The molecule has 2 aromatic rings. The van der Waals surface area contributed by atoms with Crippen LogP contribution in [-0.2, 0) is 10.0 Å². The van der Waals surface area contributed by atoms with Crippen LogP contribution in [0, 0.1) is 10.1 Å². The first-order chi connectivity index (χ1) is 13.2. The Bertz CT molecular complexity index is 988. The number of anilines is 1. The van der Waals surface area contributed by atoms with Crippen molar-refractivity contribution in [3.63, 3.8) is 0 Å². The molecule has 0 saturated carbocycles. The summed E-state index contributed by atoms with van der Waals surface area (Å²) in [7, 11) is -3.82. The number of hydrogen-bond acceptors (Lipinski definition) is 6. The average molecular weight is 445 g/mol. The normalized spacial score (nSPS) is 11.9. The minimum Gasteiger partial charge on any atom is -0.272 e. The van der Waals surface area contributed by atoms with Gasteiger partial charge < -0.3 is 0 Å². The van der Waals surface area contributed by atoms with Crippen LogP contribution in [0.3, 0.4) is 0 Å². The van der Waals surface area contributed by atoms with Crippen molar-refractivity contribution in [3.8, 4) is 0 Å². The molecule has 8 nitrogen and oxygen atoms in total. The molecule has 28 heavy (non-hydrogen) atoms. The molecule has 0 spiro atoms. The van der Waals surface area contributed by atoms with Crippen LogP contribution >= 0.6 is 23.2 Å². The summed E-state index contributed by atoms with van der Waals surface area (Å²) in [4.78, 5) is 10.6. The summed E-state index contributed by atoms with van der Waals surface area (Å²) in [6.07, 6.45) is 1.33. The molecule has 2 aromatic carbocycles. The van der Waals surface area contributed by atoms with Crippen LogP contribution < -0.4 is 5.43 Å². The van der Waals surface area contributed by atoms with E-state index in [1.165, 1.54) is 22.7 Å². The van der Waals surface area contributed by atoms with Gasteiger partial charge in [-0.2, -0.15) is 9.41 Å². The lowest BCUT2D eigenvalue weighted by atomic mass is 10.2. The Balaban J connectivity index is 2.36. The van der Waals surface area contributed by atoms with Crippen LogP contribution in [-0.4, -0.2) is 37.0 Å². The van der Waals surface area contributed by atoms with Crippen molar-refractivity contribution >= 4 is 50.8 Å². The molecule has 0 aliphatic rings. The lowest BCUT2D eigenvalue weighted by molar-refractivity contribution is -0.384. The average Bonchev–Trinajstić information content (AvgIpc) is 2.64. The summed E-state index contributed by atoms with van der Waals surface area (Å²) in [6, 6.07) is 8.53. The minimum absolute atomic E-state index is 0.0305. The largest absolute Gasteiger partial charge is 0.295 e. The number of rotatable bonds is 8. The molecule has 0 atom stereocenters. The SMILES string of the molecule is CCN(CC)S(=O)(=O)c1ccc(N/N=C\c2c(Cl)cccc2Cl)c([N+](=O)[O-])c1. The predicted octanol–water partition coefficient (Wildman–Crippen LogP) is 4.38. The third kappa shape index (κ3) is 4.79. The Morgan fingerprint density at radius 1 is 1.18 bits per heavy atom. The smallest absolute Gasteiger partial charge is 0.272 e. The lowest BCUT2D eigenvalue weighted by Gasteiger charge is -2.18.